The Morgan fingerprint density at radius 1 is 1.08 bits per heavy atom. The maximum Gasteiger partial charge on any atom is 0.210 e. The summed E-state index contributed by atoms with van der Waals surface area (Å²) in [7, 11) is 0. The summed E-state index contributed by atoms with van der Waals surface area (Å²) < 4.78 is 8.18. The van der Waals surface area contributed by atoms with Crippen LogP contribution < -0.4 is 10.6 Å². The summed E-state index contributed by atoms with van der Waals surface area (Å²) in [6.07, 6.45) is 0. The van der Waals surface area contributed by atoms with Gasteiger partial charge in [-0.15, -0.1) is 10.2 Å². The molecule has 0 saturated carbocycles. The molecule has 8 heteroatoms. The number of hydrogen-bond acceptors (Lipinski definition) is 5. The number of ether oxygens (including phenoxy) is 1. The Kier molecular flexibility index (Phi) is 5.65. The number of thioether (sulfide) groups is 1. The Hall–Kier alpha value is -1.70. The van der Waals surface area contributed by atoms with Crippen molar-refractivity contribution in [2.24, 2.45) is 0 Å². The number of benzene rings is 2. The van der Waals surface area contributed by atoms with Crippen molar-refractivity contribution in [3.63, 3.8) is 0 Å². The van der Waals surface area contributed by atoms with Crippen LogP contribution in [-0.4, -0.2) is 27.2 Å². The van der Waals surface area contributed by atoms with Crippen LogP contribution in [0, 0.1) is 0 Å². The van der Waals surface area contributed by atoms with Gasteiger partial charge in [0.25, 0.3) is 0 Å². The van der Waals surface area contributed by atoms with Crippen LogP contribution in [0.1, 0.15) is 0 Å². The summed E-state index contributed by atoms with van der Waals surface area (Å²) in [5.41, 5.74) is 0.868. The van der Waals surface area contributed by atoms with Crippen molar-refractivity contribution in [2.75, 3.05) is 18.2 Å². The monoisotopic (exact) mass is 424 g/mol. The first-order chi connectivity index (χ1) is 11.6. The molecule has 3 rings (SSSR count). The van der Waals surface area contributed by atoms with E-state index in [1.807, 2.05) is 36.4 Å². The summed E-state index contributed by atoms with van der Waals surface area (Å²) in [5, 5.41) is 9.57. The van der Waals surface area contributed by atoms with Gasteiger partial charge in [0.2, 0.25) is 5.16 Å². The average molecular weight is 426 g/mol. The standard InChI is InChI=1S/C16H14BrClN4OS/c17-12-3-7-14(8-4-12)23-9-10-24-16-21-20-15(22(16)19)11-1-5-13(18)6-2-11/h1-8H,9-10,19H2. The second kappa shape index (κ2) is 7.92. The zero-order valence-electron chi connectivity index (χ0n) is 12.5. The first kappa shape index (κ1) is 17.1. The van der Waals surface area contributed by atoms with Crippen LogP contribution in [0.2, 0.25) is 5.02 Å². The van der Waals surface area contributed by atoms with Gasteiger partial charge in [0.1, 0.15) is 5.75 Å². The number of nitrogens with two attached hydrogens (primary N) is 1. The lowest BCUT2D eigenvalue weighted by Gasteiger charge is -2.06. The highest BCUT2D eigenvalue weighted by Crippen LogP contribution is 2.23. The zero-order valence-corrected chi connectivity index (χ0v) is 15.7. The van der Waals surface area contributed by atoms with E-state index in [1.54, 1.807) is 12.1 Å². The molecule has 0 amide bonds. The van der Waals surface area contributed by atoms with Gasteiger partial charge in [0.15, 0.2) is 5.82 Å². The van der Waals surface area contributed by atoms with E-state index in [0.717, 1.165) is 15.8 Å². The number of aromatic nitrogens is 3. The number of nitrogen functional groups attached to an aromatic ring is 1. The van der Waals surface area contributed by atoms with Crippen LogP contribution in [0.5, 0.6) is 5.75 Å². The molecule has 0 saturated heterocycles. The van der Waals surface area contributed by atoms with Crippen molar-refractivity contribution in [3.05, 3.63) is 58.0 Å². The van der Waals surface area contributed by atoms with Gasteiger partial charge in [-0.3, -0.25) is 0 Å². The summed E-state index contributed by atoms with van der Waals surface area (Å²) in [6.45, 7) is 0.551. The van der Waals surface area contributed by atoms with Crippen molar-refractivity contribution in [1.29, 1.82) is 0 Å². The minimum atomic E-state index is 0.551. The van der Waals surface area contributed by atoms with Gasteiger partial charge in [-0.1, -0.05) is 39.3 Å². The van der Waals surface area contributed by atoms with Crippen molar-refractivity contribution >= 4 is 39.3 Å². The summed E-state index contributed by atoms with van der Waals surface area (Å²) in [6, 6.07) is 15.0. The molecule has 0 radical (unpaired) electrons. The lowest BCUT2D eigenvalue weighted by atomic mass is 10.2. The number of halogens is 2. The van der Waals surface area contributed by atoms with E-state index in [0.29, 0.717) is 28.4 Å². The number of nitrogens with zero attached hydrogens (tertiary/aromatic N) is 3. The fraction of sp³-hybridized carbons (Fsp3) is 0.125. The Bertz CT molecular complexity index is 808. The molecule has 0 fully saturated rings. The Balaban J connectivity index is 1.56. The van der Waals surface area contributed by atoms with Crippen molar-refractivity contribution in [1.82, 2.24) is 14.9 Å². The van der Waals surface area contributed by atoms with Gasteiger partial charge < -0.3 is 10.6 Å². The molecule has 24 heavy (non-hydrogen) atoms. The van der Waals surface area contributed by atoms with Gasteiger partial charge in [-0.25, -0.2) is 4.68 Å². The Labute approximate surface area is 157 Å². The molecule has 124 valence electrons. The number of hydrogen-bond donors (Lipinski definition) is 1. The third-order valence-electron chi connectivity index (χ3n) is 3.16. The maximum atomic E-state index is 6.08. The molecule has 0 aliphatic carbocycles. The van der Waals surface area contributed by atoms with E-state index in [9.17, 15) is 0 Å². The molecule has 2 N–H and O–H groups in total. The predicted molar refractivity (Wildman–Crippen MR) is 101 cm³/mol. The van der Waals surface area contributed by atoms with Crippen molar-refractivity contribution < 1.29 is 4.74 Å². The van der Waals surface area contributed by atoms with E-state index in [-0.39, 0.29) is 0 Å². The highest BCUT2D eigenvalue weighted by Gasteiger charge is 2.12. The van der Waals surface area contributed by atoms with E-state index >= 15 is 0 Å². The van der Waals surface area contributed by atoms with Gasteiger partial charge in [-0.2, -0.15) is 0 Å². The van der Waals surface area contributed by atoms with Crippen molar-refractivity contribution in [2.45, 2.75) is 5.16 Å². The summed E-state index contributed by atoms with van der Waals surface area (Å²) in [5.74, 6) is 8.22. The average Bonchev–Trinajstić information content (AvgIpc) is 2.95. The predicted octanol–water partition coefficient (Wildman–Crippen LogP) is 4.25. The van der Waals surface area contributed by atoms with E-state index in [1.165, 1.54) is 16.4 Å². The third kappa shape index (κ3) is 4.23. The first-order valence-corrected chi connectivity index (χ1v) is 9.27. The topological polar surface area (TPSA) is 66.0 Å². The Morgan fingerprint density at radius 2 is 1.79 bits per heavy atom. The molecular formula is C16H14BrClN4OS. The molecule has 0 aliphatic heterocycles. The normalized spacial score (nSPS) is 10.8. The molecule has 5 nitrogen and oxygen atoms in total. The van der Waals surface area contributed by atoms with Gasteiger partial charge in [0.05, 0.1) is 6.61 Å². The molecule has 1 aromatic heterocycles. The minimum Gasteiger partial charge on any atom is -0.493 e. The first-order valence-electron chi connectivity index (χ1n) is 7.11. The molecule has 0 bridgehead atoms. The molecular weight excluding hydrogens is 412 g/mol. The van der Waals surface area contributed by atoms with Gasteiger partial charge in [0, 0.05) is 20.8 Å². The molecule has 0 atom stereocenters. The highest BCUT2D eigenvalue weighted by molar-refractivity contribution is 9.10. The molecule has 0 spiro atoms. The van der Waals surface area contributed by atoms with Crippen LogP contribution in [0.4, 0.5) is 0 Å². The quantitative estimate of drug-likeness (QED) is 0.363. The lowest BCUT2D eigenvalue weighted by Crippen LogP contribution is -2.12. The highest BCUT2D eigenvalue weighted by atomic mass is 79.9. The second-order valence-electron chi connectivity index (χ2n) is 4.83. The zero-order chi connectivity index (χ0) is 16.9. The van der Waals surface area contributed by atoms with Gasteiger partial charge >= 0.3 is 0 Å². The van der Waals surface area contributed by atoms with E-state index in [2.05, 4.69) is 26.1 Å². The Morgan fingerprint density at radius 3 is 2.50 bits per heavy atom. The van der Waals surface area contributed by atoms with Crippen molar-refractivity contribution in [3.8, 4) is 17.1 Å². The maximum absolute atomic E-state index is 6.08. The minimum absolute atomic E-state index is 0.551. The van der Waals surface area contributed by atoms with Crippen LogP contribution >= 0.6 is 39.3 Å². The second-order valence-corrected chi connectivity index (χ2v) is 7.25. The van der Waals surface area contributed by atoms with E-state index < -0.39 is 0 Å². The van der Waals surface area contributed by atoms with E-state index in [4.69, 9.17) is 22.2 Å². The molecule has 0 aliphatic rings. The molecule has 2 aromatic carbocycles. The molecule has 0 unspecified atom stereocenters. The fourth-order valence-electron chi connectivity index (χ4n) is 1.99. The van der Waals surface area contributed by atoms with Crippen LogP contribution in [0.25, 0.3) is 11.4 Å². The SMILES string of the molecule is Nn1c(SCCOc2ccc(Br)cc2)nnc1-c1ccc(Cl)cc1. The van der Waals surface area contributed by atoms with Crippen LogP contribution in [-0.2, 0) is 0 Å². The number of rotatable bonds is 6. The lowest BCUT2D eigenvalue weighted by molar-refractivity contribution is 0.344. The van der Waals surface area contributed by atoms with Gasteiger partial charge in [-0.05, 0) is 48.5 Å². The fourth-order valence-corrected chi connectivity index (χ4v) is 3.06. The summed E-state index contributed by atoms with van der Waals surface area (Å²) >= 11 is 10.8. The summed E-state index contributed by atoms with van der Waals surface area (Å²) in [4.78, 5) is 0. The van der Waals surface area contributed by atoms with Crippen LogP contribution in [0.15, 0.2) is 58.2 Å². The third-order valence-corrected chi connectivity index (χ3v) is 4.85. The smallest absolute Gasteiger partial charge is 0.210 e. The van der Waals surface area contributed by atoms with Crippen LogP contribution in [0.3, 0.4) is 0 Å². The largest absolute Gasteiger partial charge is 0.493 e. The molecule has 3 aromatic rings. The molecule has 1 heterocycles.